The summed E-state index contributed by atoms with van der Waals surface area (Å²) in [6, 6.07) is 12.8. The van der Waals surface area contributed by atoms with Crippen molar-refractivity contribution in [3.63, 3.8) is 0 Å². The van der Waals surface area contributed by atoms with E-state index < -0.39 is 21.1 Å². The van der Waals surface area contributed by atoms with E-state index in [4.69, 9.17) is 11.6 Å². The molecule has 256 valence electrons. The average Bonchev–Trinajstić information content (AvgIpc) is 3.08. The van der Waals surface area contributed by atoms with Gasteiger partial charge in [0, 0.05) is 62.0 Å². The van der Waals surface area contributed by atoms with E-state index in [1.165, 1.54) is 0 Å². The normalized spacial score (nSPS) is 19.1. The van der Waals surface area contributed by atoms with Gasteiger partial charge in [-0.3, -0.25) is 14.4 Å². The molecule has 3 aliphatic rings. The SMILES string of the molecule is CC(=O)N1CCC(C(=O)N(CCCN2CCC(S(=O)(=O)c3ccc(N4CCC(C(=O)O)CC4)cc3)CC2)c2ccc(C)c(Cl)c2)CC1. The zero-order valence-corrected chi connectivity index (χ0v) is 29.0. The lowest BCUT2D eigenvalue weighted by Crippen LogP contribution is -2.45. The number of hydrogen-bond acceptors (Lipinski definition) is 7. The quantitative estimate of drug-likeness (QED) is 0.376. The van der Waals surface area contributed by atoms with Crippen molar-refractivity contribution in [1.29, 1.82) is 0 Å². The van der Waals surface area contributed by atoms with Crippen LogP contribution in [0.1, 0.15) is 57.4 Å². The van der Waals surface area contributed by atoms with Gasteiger partial charge in [-0.1, -0.05) is 17.7 Å². The van der Waals surface area contributed by atoms with Crippen LogP contribution in [0.15, 0.2) is 47.4 Å². The Bertz CT molecular complexity index is 1530. The van der Waals surface area contributed by atoms with E-state index in [0.29, 0.717) is 94.3 Å². The van der Waals surface area contributed by atoms with E-state index in [1.807, 2.05) is 42.2 Å². The van der Waals surface area contributed by atoms with E-state index in [1.54, 1.807) is 24.0 Å². The number of likely N-dealkylation sites (tertiary alicyclic amines) is 2. The maximum Gasteiger partial charge on any atom is 0.306 e. The molecule has 12 heteroatoms. The highest BCUT2D eigenvalue weighted by atomic mass is 35.5. The zero-order valence-electron chi connectivity index (χ0n) is 27.4. The first-order chi connectivity index (χ1) is 22.4. The Morgan fingerprint density at radius 1 is 0.872 bits per heavy atom. The van der Waals surface area contributed by atoms with Crippen molar-refractivity contribution in [2.24, 2.45) is 11.8 Å². The van der Waals surface area contributed by atoms with Crippen molar-refractivity contribution in [2.75, 3.05) is 62.2 Å². The number of amides is 2. The minimum absolute atomic E-state index is 0.0408. The van der Waals surface area contributed by atoms with Crippen LogP contribution in [0.4, 0.5) is 11.4 Å². The molecule has 0 spiro atoms. The van der Waals surface area contributed by atoms with Gasteiger partial charge in [0.2, 0.25) is 11.8 Å². The molecule has 0 unspecified atom stereocenters. The average molecular weight is 687 g/mol. The summed E-state index contributed by atoms with van der Waals surface area (Å²) in [5.41, 5.74) is 2.65. The molecular formula is C35H47ClN4O6S. The second-order valence-electron chi connectivity index (χ2n) is 13.2. The number of aliphatic carboxylic acids is 1. The van der Waals surface area contributed by atoms with Crippen molar-refractivity contribution in [3.8, 4) is 0 Å². The third-order valence-electron chi connectivity index (χ3n) is 10.2. The lowest BCUT2D eigenvalue weighted by Gasteiger charge is -2.35. The van der Waals surface area contributed by atoms with Gasteiger partial charge >= 0.3 is 5.97 Å². The molecule has 10 nitrogen and oxygen atoms in total. The van der Waals surface area contributed by atoms with Gasteiger partial charge in [0.25, 0.3) is 0 Å². The zero-order chi connectivity index (χ0) is 33.7. The number of hydrogen-bond donors (Lipinski definition) is 1. The molecule has 3 fully saturated rings. The Balaban J connectivity index is 1.13. The molecule has 2 amide bonds. The first kappa shape index (κ1) is 35.2. The van der Waals surface area contributed by atoms with Gasteiger partial charge in [-0.05, 0) is 113 Å². The standard InChI is InChI=1S/C35H47ClN4O6S/c1-25-4-5-30(24-33(25)36)40(34(42)27-10-20-38(21-11-27)26(2)41)17-3-16-37-18-14-32(15-19-37)47(45,46)31-8-6-29(7-9-31)39-22-12-28(13-23-39)35(43)44/h4-9,24,27-28,32H,3,10-23H2,1-2H3,(H,43,44). The number of sulfone groups is 1. The first-order valence-electron chi connectivity index (χ1n) is 16.8. The molecule has 2 aromatic rings. The predicted octanol–water partition coefficient (Wildman–Crippen LogP) is 4.87. The van der Waals surface area contributed by atoms with Gasteiger partial charge in [0.15, 0.2) is 9.84 Å². The number of benzene rings is 2. The van der Waals surface area contributed by atoms with Crippen molar-refractivity contribution in [3.05, 3.63) is 53.1 Å². The van der Waals surface area contributed by atoms with Crippen molar-refractivity contribution in [1.82, 2.24) is 9.80 Å². The number of rotatable bonds is 10. The van der Waals surface area contributed by atoms with Gasteiger partial charge in [0.05, 0.1) is 16.1 Å². The summed E-state index contributed by atoms with van der Waals surface area (Å²) in [7, 11) is -3.48. The number of aryl methyl sites for hydroxylation is 1. The summed E-state index contributed by atoms with van der Waals surface area (Å²) in [5, 5.41) is 9.43. The summed E-state index contributed by atoms with van der Waals surface area (Å²) in [5.74, 6) is -1.10. The number of carboxylic acids is 1. The molecule has 2 aromatic carbocycles. The van der Waals surface area contributed by atoms with Crippen LogP contribution in [0.25, 0.3) is 0 Å². The monoisotopic (exact) mass is 686 g/mol. The first-order valence-corrected chi connectivity index (χ1v) is 18.7. The summed E-state index contributed by atoms with van der Waals surface area (Å²) in [6.07, 6.45) is 4.31. The second kappa shape index (κ2) is 15.4. The third-order valence-corrected chi connectivity index (χ3v) is 12.9. The molecule has 3 heterocycles. The van der Waals surface area contributed by atoms with Crippen molar-refractivity contribution in [2.45, 2.75) is 68.9 Å². The van der Waals surface area contributed by atoms with Gasteiger partial charge < -0.3 is 24.7 Å². The molecule has 0 aliphatic carbocycles. The van der Waals surface area contributed by atoms with Gasteiger partial charge in [-0.2, -0.15) is 0 Å². The molecule has 0 bridgehead atoms. The molecule has 0 atom stereocenters. The molecule has 0 saturated carbocycles. The Labute approximate surface area is 283 Å². The molecule has 0 radical (unpaired) electrons. The number of carbonyl (C=O) groups excluding carboxylic acids is 2. The number of halogens is 1. The summed E-state index contributed by atoms with van der Waals surface area (Å²) >= 11 is 6.45. The lowest BCUT2D eigenvalue weighted by molar-refractivity contribution is -0.142. The highest BCUT2D eigenvalue weighted by Crippen LogP contribution is 2.30. The fraction of sp³-hybridized carbons (Fsp3) is 0.571. The number of carbonyl (C=O) groups is 3. The summed E-state index contributed by atoms with van der Waals surface area (Å²) < 4.78 is 27.0. The van der Waals surface area contributed by atoms with Crippen LogP contribution in [-0.4, -0.2) is 98.7 Å². The van der Waals surface area contributed by atoms with Crippen LogP contribution in [0.3, 0.4) is 0 Å². The third kappa shape index (κ3) is 8.48. The van der Waals surface area contributed by atoms with E-state index >= 15 is 0 Å². The minimum atomic E-state index is -3.48. The van der Waals surface area contributed by atoms with Gasteiger partial charge in [-0.15, -0.1) is 0 Å². The number of carboxylic acid groups (broad SMARTS) is 1. The Morgan fingerprint density at radius 2 is 1.49 bits per heavy atom. The topological polar surface area (TPSA) is 119 Å². The highest BCUT2D eigenvalue weighted by molar-refractivity contribution is 7.92. The maximum atomic E-state index is 13.8. The molecule has 3 aliphatic heterocycles. The molecule has 3 saturated heterocycles. The Kier molecular flexibility index (Phi) is 11.5. The maximum absolute atomic E-state index is 13.8. The van der Waals surface area contributed by atoms with Gasteiger partial charge in [-0.25, -0.2) is 8.42 Å². The Hall–Kier alpha value is -3.15. The van der Waals surface area contributed by atoms with Crippen LogP contribution in [0, 0.1) is 18.8 Å². The second-order valence-corrected chi connectivity index (χ2v) is 15.9. The van der Waals surface area contributed by atoms with Gasteiger partial charge in [0.1, 0.15) is 0 Å². The number of piperidine rings is 3. The Morgan fingerprint density at radius 3 is 2.06 bits per heavy atom. The highest BCUT2D eigenvalue weighted by Gasteiger charge is 2.33. The number of anilines is 2. The van der Waals surface area contributed by atoms with E-state index in [-0.39, 0.29) is 23.7 Å². The van der Waals surface area contributed by atoms with Crippen LogP contribution in [0.5, 0.6) is 0 Å². The van der Waals surface area contributed by atoms with E-state index in [9.17, 15) is 27.9 Å². The van der Waals surface area contributed by atoms with Crippen molar-refractivity contribution < 1.29 is 27.9 Å². The molecule has 1 N–H and O–H groups in total. The fourth-order valence-corrected chi connectivity index (χ4v) is 9.00. The van der Waals surface area contributed by atoms with Crippen molar-refractivity contribution >= 4 is 50.6 Å². The largest absolute Gasteiger partial charge is 0.481 e. The molecule has 47 heavy (non-hydrogen) atoms. The van der Waals surface area contributed by atoms with Crippen LogP contribution >= 0.6 is 11.6 Å². The van der Waals surface area contributed by atoms with Crippen LogP contribution in [-0.2, 0) is 24.2 Å². The van der Waals surface area contributed by atoms with Crippen LogP contribution < -0.4 is 9.80 Å². The fourth-order valence-electron chi connectivity index (χ4n) is 7.10. The molecular weight excluding hydrogens is 640 g/mol. The summed E-state index contributed by atoms with van der Waals surface area (Å²) in [6.45, 7) is 8.60. The number of nitrogens with zero attached hydrogens (tertiary/aromatic N) is 4. The predicted molar refractivity (Wildman–Crippen MR) is 184 cm³/mol. The van der Waals surface area contributed by atoms with Crippen LogP contribution in [0.2, 0.25) is 5.02 Å². The molecule has 0 aromatic heterocycles. The van der Waals surface area contributed by atoms with E-state index in [0.717, 1.165) is 29.9 Å². The van der Waals surface area contributed by atoms with E-state index in [2.05, 4.69) is 9.80 Å². The lowest BCUT2D eigenvalue weighted by atomic mass is 9.94. The minimum Gasteiger partial charge on any atom is -0.481 e. The summed E-state index contributed by atoms with van der Waals surface area (Å²) in [4.78, 5) is 45.2. The smallest absolute Gasteiger partial charge is 0.306 e. The molecule has 5 rings (SSSR count).